The molecule has 0 saturated heterocycles. The molecule has 1 aromatic heterocycles. The molecule has 1 heterocycles. The minimum absolute atomic E-state index is 0.169. The Balaban J connectivity index is 1.76. The van der Waals surface area contributed by atoms with E-state index in [1.807, 2.05) is 0 Å². The van der Waals surface area contributed by atoms with Crippen LogP contribution in [0, 0.1) is 0 Å². The quantitative estimate of drug-likeness (QED) is 0.539. The van der Waals surface area contributed by atoms with Crippen LogP contribution in [0.1, 0.15) is 20.9 Å². The van der Waals surface area contributed by atoms with Crippen LogP contribution in [0.2, 0.25) is 15.1 Å². The number of nitrogens with one attached hydrogen (secondary N) is 2. The zero-order valence-electron chi connectivity index (χ0n) is 13.1. The molecule has 3 aromatic rings. The zero-order chi connectivity index (χ0) is 18.7. The van der Waals surface area contributed by atoms with Crippen molar-refractivity contribution in [2.45, 2.75) is 0 Å². The Kier molecular flexibility index (Phi) is 5.52. The van der Waals surface area contributed by atoms with Gasteiger partial charge in [0, 0.05) is 11.3 Å². The minimum atomic E-state index is -0.417. The summed E-state index contributed by atoms with van der Waals surface area (Å²) in [7, 11) is 0. The molecule has 2 N–H and O–H groups in total. The Labute approximate surface area is 163 Å². The van der Waals surface area contributed by atoms with Crippen molar-refractivity contribution in [3.8, 4) is 0 Å². The summed E-state index contributed by atoms with van der Waals surface area (Å²) in [5.41, 5.74) is 1.10. The number of hydrogen-bond acceptors (Lipinski definition) is 3. The van der Waals surface area contributed by atoms with E-state index in [2.05, 4.69) is 10.6 Å². The predicted octanol–water partition coefficient (Wildman–Crippen LogP) is 5.74. The monoisotopic (exact) mass is 408 g/mol. The lowest BCUT2D eigenvalue weighted by molar-refractivity contribution is 0.0993. The molecule has 0 aliphatic heterocycles. The van der Waals surface area contributed by atoms with Crippen LogP contribution in [0.15, 0.2) is 59.2 Å². The number of carbonyl (C=O) groups excluding carboxylic acids is 2. The summed E-state index contributed by atoms with van der Waals surface area (Å²) in [6, 6.07) is 12.5. The molecular weight excluding hydrogens is 399 g/mol. The number of anilines is 2. The molecule has 8 heteroatoms. The van der Waals surface area contributed by atoms with Crippen molar-refractivity contribution in [2.24, 2.45) is 0 Å². The van der Waals surface area contributed by atoms with Gasteiger partial charge in [0.15, 0.2) is 5.76 Å². The average Bonchev–Trinajstić information content (AvgIpc) is 3.14. The number of benzene rings is 2. The summed E-state index contributed by atoms with van der Waals surface area (Å²) < 4.78 is 5.03. The maximum Gasteiger partial charge on any atom is 0.291 e. The van der Waals surface area contributed by atoms with Gasteiger partial charge in [-0.25, -0.2) is 0 Å². The fourth-order valence-electron chi connectivity index (χ4n) is 2.15. The molecule has 132 valence electrons. The van der Waals surface area contributed by atoms with Crippen LogP contribution in [0.3, 0.4) is 0 Å². The molecule has 0 aliphatic rings. The zero-order valence-corrected chi connectivity index (χ0v) is 15.3. The second kappa shape index (κ2) is 7.83. The average molecular weight is 410 g/mol. The lowest BCUT2D eigenvalue weighted by atomic mass is 10.1. The molecule has 0 unspecified atom stereocenters. The van der Waals surface area contributed by atoms with Crippen LogP contribution in [0.5, 0.6) is 0 Å². The minimum Gasteiger partial charge on any atom is -0.459 e. The van der Waals surface area contributed by atoms with E-state index in [1.54, 1.807) is 24.3 Å². The first-order chi connectivity index (χ1) is 12.4. The van der Waals surface area contributed by atoms with Crippen molar-refractivity contribution in [2.75, 3.05) is 10.6 Å². The highest BCUT2D eigenvalue weighted by molar-refractivity contribution is 6.44. The summed E-state index contributed by atoms with van der Waals surface area (Å²) in [5, 5.41) is 6.13. The van der Waals surface area contributed by atoms with Gasteiger partial charge in [0.1, 0.15) is 0 Å². The van der Waals surface area contributed by atoms with Crippen LogP contribution < -0.4 is 10.6 Å². The van der Waals surface area contributed by atoms with Gasteiger partial charge in [-0.15, -0.1) is 0 Å². The number of furan rings is 1. The fraction of sp³-hybridized carbons (Fsp3) is 0. The maximum absolute atomic E-state index is 12.5. The lowest BCUT2D eigenvalue weighted by Gasteiger charge is -2.10. The molecule has 0 bridgehead atoms. The molecular formula is C18H11Cl3N2O3. The highest BCUT2D eigenvalue weighted by atomic mass is 35.5. The molecule has 0 spiro atoms. The summed E-state index contributed by atoms with van der Waals surface area (Å²) in [6.45, 7) is 0. The molecule has 0 atom stereocenters. The van der Waals surface area contributed by atoms with Crippen LogP contribution >= 0.6 is 34.8 Å². The Bertz CT molecular complexity index is 972. The fourth-order valence-corrected chi connectivity index (χ4v) is 2.75. The van der Waals surface area contributed by atoms with E-state index in [4.69, 9.17) is 39.2 Å². The first kappa shape index (κ1) is 18.3. The second-order valence-corrected chi connectivity index (χ2v) is 6.43. The lowest BCUT2D eigenvalue weighted by Crippen LogP contribution is -2.14. The molecule has 0 aliphatic carbocycles. The SMILES string of the molecule is O=C(Nc1cc(Cl)c(Cl)cc1Cl)c1cccc(NC(=O)c2ccco2)c1. The van der Waals surface area contributed by atoms with Crippen molar-refractivity contribution in [1.82, 2.24) is 0 Å². The van der Waals surface area contributed by atoms with Gasteiger partial charge < -0.3 is 15.1 Å². The van der Waals surface area contributed by atoms with Crippen molar-refractivity contribution in [3.63, 3.8) is 0 Å². The number of rotatable bonds is 4. The Hall–Kier alpha value is -2.47. The van der Waals surface area contributed by atoms with Crippen molar-refractivity contribution < 1.29 is 14.0 Å². The van der Waals surface area contributed by atoms with Gasteiger partial charge in [0.05, 0.1) is 27.0 Å². The third-order valence-corrected chi connectivity index (χ3v) is 4.42. The molecule has 26 heavy (non-hydrogen) atoms. The van der Waals surface area contributed by atoms with E-state index in [1.165, 1.54) is 30.5 Å². The third-order valence-electron chi connectivity index (χ3n) is 3.39. The van der Waals surface area contributed by atoms with Gasteiger partial charge in [-0.2, -0.15) is 0 Å². The second-order valence-electron chi connectivity index (χ2n) is 5.21. The third kappa shape index (κ3) is 4.19. The van der Waals surface area contributed by atoms with E-state index < -0.39 is 11.8 Å². The highest BCUT2D eigenvalue weighted by Crippen LogP contribution is 2.32. The molecule has 0 saturated carbocycles. The van der Waals surface area contributed by atoms with E-state index in [0.717, 1.165) is 0 Å². The Morgan fingerprint density at radius 1 is 0.808 bits per heavy atom. The predicted molar refractivity (Wildman–Crippen MR) is 103 cm³/mol. The summed E-state index contributed by atoms with van der Waals surface area (Å²) in [6.07, 6.45) is 1.40. The molecule has 2 amide bonds. The van der Waals surface area contributed by atoms with E-state index >= 15 is 0 Å². The van der Waals surface area contributed by atoms with E-state index in [9.17, 15) is 9.59 Å². The van der Waals surface area contributed by atoms with Gasteiger partial charge in [-0.05, 0) is 42.5 Å². The van der Waals surface area contributed by atoms with Crippen LogP contribution in [0.25, 0.3) is 0 Å². The highest BCUT2D eigenvalue weighted by Gasteiger charge is 2.13. The first-order valence-electron chi connectivity index (χ1n) is 7.35. The van der Waals surface area contributed by atoms with Crippen molar-refractivity contribution in [1.29, 1.82) is 0 Å². The van der Waals surface area contributed by atoms with Gasteiger partial charge in [0.2, 0.25) is 0 Å². The number of carbonyl (C=O) groups is 2. The van der Waals surface area contributed by atoms with Gasteiger partial charge in [-0.3, -0.25) is 9.59 Å². The van der Waals surface area contributed by atoms with Crippen LogP contribution in [0.4, 0.5) is 11.4 Å². The number of halogens is 3. The Morgan fingerprint density at radius 2 is 1.58 bits per heavy atom. The molecule has 0 fully saturated rings. The molecule has 2 aromatic carbocycles. The normalized spacial score (nSPS) is 10.4. The standard InChI is InChI=1S/C18H11Cl3N2O3/c19-12-8-14(21)15(9-13(12)20)23-17(24)10-3-1-4-11(7-10)22-18(25)16-5-2-6-26-16/h1-9H,(H,22,25)(H,23,24). The first-order valence-corrected chi connectivity index (χ1v) is 8.48. The number of hydrogen-bond donors (Lipinski definition) is 2. The van der Waals surface area contributed by atoms with Crippen LogP contribution in [-0.4, -0.2) is 11.8 Å². The maximum atomic E-state index is 12.5. The van der Waals surface area contributed by atoms with Crippen molar-refractivity contribution >= 4 is 58.0 Å². The van der Waals surface area contributed by atoms with Gasteiger partial charge >= 0.3 is 0 Å². The van der Waals surface area contributed by atoms with Crippen LogP contribution in [-0.2, 0) is 0 Å². The molecule has 0 radical (unpaired) electrons. The van der Waals surface area contributed by atoms with E-state index in [-0.39, 0.29) is 20.8 Å². The largest absolute Gasteiger partial charge is 0.459 e. The Morgan fingerprint density at radius 3 is 2.31 bits per heavy atom. The summed E-state index contributed by atoms with van der Waals surface area (Å²) in [5.74, 6) is -0.665. The van der Waals surface area contributed by atoms with E-state index in [0.29, 0.717) is 16.9 Å². The summed E-state index contributed by atoms with van der Waals surface area (Å²) in [4.78, 5) is 24.5. The molecule has 3 rings (SSSR count). The van der Waals surface area contributed by atoms with Gasteiger partial charge in [-0.1, -0.05) is 40.9 Å². The smallest absolute Gasteiger partial charge is 0.291 e. The van der Waals surface area contributed by atoms with Gasteiger partial charge in [0.25, 0.3) is 11.8 Å². The topological polar surface area (TPSA) is 71.3 Å². The number of amides is 2. The summed E-state index contributed by atoms with van der Waals surface area (Å²) >= 11 is 17.9. The molecule has 5 nitrogen and oxygen atoms in total. The van der Waals surface area contributed by atoms with Crippen molar-refractivity contribution in [3.05, 3.63) is 81.2 Å².